The number of nitrogens with one attached hydrogen (secondary N) is 1. The standard InChI is InChI=1S/C14H23NO5S/c1-9(2)10(3)8-21(17,18)15-7-12-6-13(14(16)19-5)20-11(12)4/h6,9-10,15H,7-8H2,1-5H3. The van der Waals surface area contributed by atoms with Crippen LogP contribution in [-0.2, 0) is 21.3 Å². The van der Waals surface area contributed by atoms with Gasteiger partial charge in [0.2, 0.25) is 15.8 Å². The summed E-state index contributed by atoms with van der Waals surface area (Å²) >= 11 is 0. The Hall–Kier alpha value is -1.34. The average molecular weight is 317 g/mol. The molecular formula is C14H23NO5S. The Labute approximate surface area is 125 Å². The van der Waals surface area contributed by atoms with Crippen LogP contribution in [0.15, 0.2) is 10.5 Å². The maximum absolute atomic E-state index is 12.0. The van der Waals surface area contributed by atoms with Gasteiger partial charge in [-0.25, -0.2) is 17.9 Å². The predicted molar refractivity (Wildman–Crippen MR) is 79.4 cm³/mol. The van der Waals surface area contributed by atoms with E-state index in [1.807, 2.05) is 20.8 Å². The lowest BCUT2D eigenvalue weighted by molar-refractivity contribution is 0.0563. The second-order valence-corrected chi connectivity index (χ2v) is 7.36. The number of carbonyl (C=O) groups excluding carboxylic acids is 1. The third-order valence-electron chi connectivity index (χ3n) is 3.51. The zero-order valence-corrected chi connectivity index (χ0v) is 13.9. The maximum atomic E-state index is 12.0. The van der Waals surface area contributed by atoms with E-state index in [0.717, 1.165) is 0 Å². The van der Waals surface area contributed by atoms with Gasteiger partial charge in [0.25, 0.3) is 0 Å². The summed E-state index contributed by atoms with van der Waals surface area (Å²) in [5, 5.41) is 0. The zero-order chi connectivity index (χ0) is 16.2. The van der Waals surface area contributed by atoms with Gasteiger partial charge in [-0.2, -0.15) is 0 Å². The molecule has 0 aromatic carbocycles. The molecule has 1 N–H and O–H groups in total. The number of sulfonamides is 1. The molecule has 0 radical (unpaired) electrons. The summed E-state index contributed by atoms with van der Waals surface area (Å²) in [5.41, 5.74) is 0.621. The van der Waals surface area contributed by atoms with Crippen LogP contribution in [0.4, 0.5) is 0 Å². The van der Waals surface area contributed by atoms with Crippen molar-refractivity contribution in [2.45, 2.75) is 34.2 Å². The van der Waals surface area contributed by atoms with E-state index in [1.165, 1.54) is 13.2 Å². The summed E-state index contributed by atoms with van der Waals surface area (Å²) < 4.78 is 36.3. The van der Waals surface area contributed by atoms with Crippen molar-refractivity contribution in [2.75, 3.05) is 12.9 Å². The number of carbonyl (C=O) groups is 1. The first-order valence-corrected chi connectivity index (χ1v) is 8.46. The Morgan fingerprint density at radius 1 is 1.38 bits per heavy atom. The van der Waals surface area contributed by atoms with Gasteiger partial charge < -0.3 is 9.15 Å². The van der Waals surface area contributed by atoms with Gasteiger partial charge in [-0.3, -0.25) is 0 Å². The van der Waals surface area contributed by atoms with Gasteiger partial charge in [0.15, 0.2) is 0 Å². The second-order valence-electron chi connectivity index (χ2n) is 5.51. The number of furan rings is 1. The highest BCUT2D eigenvalue weighted by Gasteiger charge is 2.20. The third kappa shape index (κ3) is 5.17. The number of esters is 1. The molecule has 1 rings (SSSR count). The van der Waals surface area contributed by atoms with Gasteiger partial charge >= 0.3 is 5.97 Å². The molecule has 7 heteroatoms. The molecule has 0 aliphatic carbocycles. The minimum atomic E-state index is -3.37. The minimum Gasteiger partial charge on any atom is -0.463 e. The van der Waals surface area contributed by atoms with E-state index >= 15 is 0 Å². The van der Waals surface area contributed by atoms with Gasteiger partial charge in [-0.05, 0) is 24.8 Å². The molecule has 0 saturated heterocycles. The fourth-order valence-electron chi connectivity index (χ4n) is 1.68. The molecule has 0 aliphatic heterocycles. The quantitative estimate of drug-likeness (QED) is 0.778. The molecule has 0 aliphatic rings. The van der Waals surface area contributed by atoms with Crippen molar-refractivity contribution < 1.29 is 22.4 Å². The number of ether oxygens (including phenoxy) is 1. The van der Waals surface area contributed by atoms with Crippen molar-refractivity contribution in [3.8, 4) is 0 Å². The molecule has 0 amide bonds. The largest absolute Gasteiger partial charge is 0.463 e. The third-order valence-corrected chi connectivity index (χ3v) is 5.06. The van der Waals surface area contributed by atoms with Crippen LogP contribution >= 0.6 is 0 Å². The summed E-state index contributed by atoms with van der Waals surface area (Å²) in [6.07, 6.45) is 0. The summed E-state index contributed by atoms with van der Waals surface area (Å²) in [4.78, 5) is 11.3. The molecule has 21 heavy (non-hydrogen) atoms. The molecule has 0 bridgehead atoms. The van der Waals surface area contributed by atoms with E-state index in [-0.39, 0.29) is 24.0 Å². The molecular weight excluding hydrogens is 294 g/mol. The van der Waals surface area contributed by atoms with E-state index in [1.54, 1.807) is 6.92 Å². The number of rotatable bonds is 7. The lowest BCUT2D eigenvalue weighted by Gasteiger charge is -2.15. The average Bonchev–Trinajstić information content (AvgIpc) is 2.76. The van der Waals surface area contributed by atoms with Crippen molar-refractivity contribution in [3.05, 3.63) is 23.2 Å². The van der Waals surface area contributed by atoms with Crippen molar-refractivity contribution in [1.82, 2.24) is 4.72 Å². The molecule has 1 heterocycles. The Kier molecular flexibility index (Phi) is 5.98. The molecule has 1 unspecified atom stereocenters. The van der Waals surface area contributed by atoms with E-state index in [0.29, 0.717) is 17.2 Å². The molecule has 6 nitrogen and oxygen atoms in total. The highest BCUT2D eigenvalue weighted by atomic mass is 32.2. The summed E-state index contributed by atoms with van der Waals surface area (Å²) in [6.45, 7) is 7.65. The van der Waals surface area contributed by atoms with Crippen molar-refractivity contribution in [3.63, 3.8) is 0 Å². The monoisotopic (exact) mass is 317 g/mol. The smallest absolute Gasteiger partial charge is 0.373 e. The van der Waals surface area contributed by atoms with Gasteiger partial charge in [0.1, 0.15) is 5.76 Å². The highest BCUT2D eigenvalue weighted by molar-refractivity contribution is 7.89. The van der Waals surface area contributed by atoms with Gasteiger partial charge in [0.05, 0.1) is 12.9 Å². The molecule has 0 fully saturated rings. The minimum absolute atomic E-state index is 0.0681. The van der Waals surface area contributed by atoms with Crippen molar-refractivity contribution >= 4 is 16.0 Å². The normalized spacial score (nSPS) is 13.4. The first kappa shape index (κ1) is 17.7. The summed E-state index contributed by atoms with van der Waals surface area (Å²) in [5.74, 6) is 0.419. The van der Waals surface area contributed by atoms with E-state index in [4.69, 9.17) is 4.42 Å². The fraction of sp³-hybridized carbons (Fsp3) is 0.643. The van der Waals surface area contributed by atoms with Gasteiger partial charge in [-0.1, -0.05) is 20.8 Å². The Morgan fingerprint density at radius 2 is 2.00 bits per heavy atom. The Bertz CT molecular complexity index is 589. The first-order valence-electron chi connectivity index (χ1n) is 6.81. The van der Waals surface area contributed by atoms with Crippen LogP contribution in [0.25, 0.3) is 0 Å². The molecule has 0 spiro atoms. The van der Waals surface area contributed by atoms with Crippen LogP contribution in [0.3, 0.4) is 0 Å². The lowest BCUT2D eigenvalue weighted by atomic mass is 10.0. The zero-order valence-electron chi connectivity index (χ0n) is 13.1. The number of hydrogen-bond donors (Lipinski definition) is 1. The van der Waals surface area contributed by atoms with Crippen molar-refractivity contribution in [2.24, 2.45) is 11.8 Å². The molecule has 1 aromatic rings. The fourth-order valence-corrected chi connectivity index (χ4v) is 3.25. The SMILES string of the molecule is COC(=O)c1cc(CNS(=O)(=O)CC(C)C(C)C)c(C)o1. The second kappa shape index (κ2) is 7.09. The van der Waals surface area contributed by atoms with E-state index < -0.39 is 16.0 Å². The Morgan fingerprint density at radius 3 is 2.52 bits per heavy atom. The molecule has 1 aromatic heterocycles. The molecule has 0 saturated carbocycles. The summed E-state index contributed by atoms with van der Waals surface area (Å²) in [6, 6.07) is 1.50. The first-order chi connectivity index (χ1) is 9.66. The van der Waals surface area contributed by atoms with Crippen LogP contribution < -0.4 is 4.72 Å². The van der Waals surface area contributed by atoms with E-state index in [9.17, 15) is 13.2 Å². The maximum Gasteiger partial charge on any atom is 0.373 e. The van der Waals surface area contributed by atoms with Crippen LogP contribution in [0, 0.1) is 18.8 Å². The predicted octanol–water partition coefficient (Wildman–Crippen LogP) is 2.09. The van der Waals surface area contributed by atoms with Gasteiger partial charge in [-0.15, -0.1) is 0 Å². The van der Waals surface area contributed by atoms with Crippen molar-refractivity contribution in [1.29, 1.82) is 0 Å². The van der Waals surface area contributed by atoms with Crippen LogP contribution in [-0.4, -0.2) is 27.2 Å². The van der Waals surface area contributed by atoms with Crippen LogP contribution in [0.2, 0.25) is 0 Å². The van der Waals surface area contributed by atoms with E-state index in [2.05, 4.69) is 9.46 Å². The van der Waals surface area contributed by atoms with Crippen LogP contribution in [0.1, 0.15) is 42.6 Å². The van der Waals surface area contributed by atoms with Gasteiger partial charge in [0, 0.05) is 12.1 Å². The van der Waals surface area contributed by atoms with Crippen LogP contribution in [0.5, 0.6) is 0 Å². The lowest BCUT2D eigenvalue weighted by Crippen LogP contribution is -2.30. The number of hydrogen-bond acceptors (Lipinski definition) is 5. The number of aryl methyl sites for hydroxylation is 1. The topological polar surface area (TPSA) is 85.6 Å². The summed E-state index contributed by atoms with van der Waals surface area (Å²) in [7, 11) is -2.11. The number of methoxy groups -OCH3 is 1. The molecule has 120 valence electrons. The Balaban J connectivity index is 2.71. The molecule has 1 atom stereocenters. The highest BCUT2D eigenvalue weighted by Crippen LogP contribution is 2.16.